The lowest BCUT2D eigenvalue weighted by atomic mass is 10.0. The maximum Gasteiger partial charge on any atom is 0.343 e. The molecule has 0 atom stereocenters. The molecule has 1 aromatic heterocycles. The summed E-state index contributed by atoms with van der Waals surface area (Å²) < 4.78 is 5.16. The fraction of sp³-hybridized carbons (Fsp3) is 0.269. The van der Waals surface area contributed by atoms with E-state index in [1.165, 1.54) is 6.20 Å². The molecule has 0 aliphatic heterocycles. The maximum atomic E-state index is 12.5. The van der Waals surface area contributed by atoms with Crippen molar-refractivity contribution in [3.05, 3.63) is 66.4 Å². The molecule has 0 aliphatic rings. The number of carbonyl (C=O) groups excluding carboxylic acids is 1. The molecule has 2 aromatic carbocycles. The largest absolute Gasteiger partial charge is 0.481 e. The van der Waals surface area contributed by atoms with E-state index in [2.05, 4.69) is 31.2 Å². The Kier molecular flexibility index (Phi) is 10.6. The highest BCUT2D eigenvalue weighted by molar-refractivity contribution is 7.80. The zero-order valence-corrected chi connectivity index (χ0v) is 21.3. The molecule has 0 bridgehead atoms. The van der Waals surface area contributed by atoms with Crippen molar-refractivity contribution >= 4 is 46.7 Å². The van der Waals surface area contributed by atoms with E-state index in [1.807, 2.05) is 54.6 Å². The van der Waals surface area contributed by atoms with E-state index in [4.69, 9.17) is 22.1 Å². The quantitative estimate of drug-likeness (QED) is 0.127. The number of carbonyl (C=O) groups is 2. The van der Waals surface area contributed by atoms with Crippen molar-refractivity contribution in [2.75, 3.05) is 36.9 Å². The van der Waals surface area contributed by atoms with Gasteiger partial charge < -0.3 is 31.1 Å². The van der Waals surface area contributed by atoms with E-state index in [9.17, 15) is 9.59 Å². The van der Waals surface area contributed by atoms with Gasteiger partial charge in [-0.15, -0.1) is 0 Å². The number of benzene rings is 2. The number of carboxylic acids is 1. The molecule has 0 spiro atoms. The van der Waals surface area contributed by atoms with Gasteiger partial charge in [0, 0.05) is 37.1 Å². The second-order valence-corrected chi connectivity index (χ2v) is 8.23. The van der Waals surface area contributed by atoms with Gasteiger partial charge >= 0.3 is 11.9 Å². The van der Waals surface area contributed by atoms with E-state index >= 15 is 0 Å². The normalized spacial score (nSPS) is 10.3. The van der Waals surface area contributed by atoms with Crippen molar-refractivity contribution in [3.8, 4) is 11.1 Å². The van der Waals surface area contributed by atoms with Crippen LogP contribution in [0.15, 0.2) is 60.8 Å². The zero-order chi connectivity index (χ0) is 26.5. The molecule has 194 valence electrons. The average molecular weight is 523 g/mol. The molecule has 10 nitrogen and oxygen atoms in total. The summed E-state index contributed by atoms with van der Waals surface area (Å²) in [5, 5.41) is 21.4. The Morgan fingerprint density at radius 1 is 1.00 bits per heavy atom. The van der Waals surface area contributed by atoms with Gasteiger partial charge in [0.05, 0.1) is 13.0 Å². The Bertz CT molecular complexity index is 1210. The first kappa shape index (κ1) is 27.3. The van der Waals surface area contributed by atoms with Crippen LogP contribution in [0.3, 0.4) is 0 Å². The molecule has 37 heavy (non-hydrogen) atoms. The number of aromatic nitrogens is 2. The molecule has 1 heterocycles. The van der Waals surface area contributed by atoms with Gasteiger partial charge in [0.1, 0.15) is 11.4 Å². The minimum absolute atomic E-state index is 0.0140. The van der Waals surface area contributed by atoms with Gasteiger partial charge in [-0.1, -0.05) is 48.5 Å². The molecular formula is C26H30N6O4S. The Balaban J connectivity index is 1.66. The number of rotatable bonds is 13. The van der Waals surface area contributed by atoms with E-state index in [-0.39, 0.29) is 25.1 Å². The summed E-state index contributed by atoms with van der Waals surface area (Å²) in [7, 11) is 0. The fourth-order valence-electron chi connectivity index (χ4n) is 3.36. The Morgan fingerprint density at radius 2 is 1.73 bits per heavy atom. The molecule has 0 unspecified atom stereocenters. The number of carboxylic acid groups (broad SMARTS) is 1. The van der Waals surface area contributed by atoms with Crippen molar-refractivity contribution in [1.29, 1.82) is 0 Å². The monoisotopic (exact) mass is 522 g/mol. The Labute approximate surface area is 220 Å². The highest BCUT2D eigenvalue weighted by Crippen LogP contribution is 2.29. The Hall–Kier alpha value is -4.25. The van der Waals surface area contributed by atoms with Crippen LogP contribution >= 0.6 is 12.2 Å². The molecule has 5 N–H and O–H groups in total. The van der Waals surface area contributed by atoms with Crippen LogP contribution in [-0.4, -0.2) is 58.4 Å². The van der Waals surface area contributed by atoms with Gasteiger partial charge in [0.25, 0.3) is 0 Å². The first-order valence-corrected chi connectivity index (χ1v) is 12.3. The van der Waals surface area contributed by atoms with Gasteiger partial charge in [0.2, 0.25) is 5.95 Å². The second kappa shape index (κ2) is 14.3. The molecule has 3 rings (SSSR count). The van der Waals surface area contributed by atoms with E-state index < -0.39 is 11.9 Å². The molecular weight excluding hydrogens is 492 g/mol. The van der Waals surface area contributed by atoms with Crippen LogP contribution in [0.25, 0.3) is 11.1 Å². The minimum Gasteiger partial charge on any atom is -0.481 e. The number of hydrogen-bond acceptors (Lipinski definition) is 8. The van der Waals surface area contributed by atoms with Crippen LogP contribution in [0.5, 0.6) is 0 Å². The summed E-state index contributed by atoms with van der Waals surface area (Å²) in [6.45, 7) is 3.27. The van der Waals surface area contributed by atoms with Gasteiger partial charge in [0.15, 0.2) is 5.11 Å². The maximum absolute atomic E-state index is 12.5. The number of aliphatic carboxylic acids is 1. The summed E-state index contributed by atoms with van der Waals surface area (Å²) in [6, 6.07) is 17.8. The summed E-state index contributed by atoms with van der Waals surface area (Å²) in [5.74, 6) is -0.710. The van der Waals surface area contributed by atoms with Crippen molar-refractivity contribution < 1.29 is 19.4 Å². The van der Waals surface area contributed by atoms with Crippen LogP contribution in [0.4, 0.5) is 17.5 Å². The van der Waals surface area contributed by atoms with Crippen molar-refractivity contribution in [3.63, 3.8) is 0 Å². The number of nitrogens with zero attached hydrogens (tertiary/aromatic N) is 2. The summed E-state index contributed by atoms with van der Waals surface area (Å²) in [4.78, 5) is 31.9. The Morgan fingerprint density at radius 3 is 2.49 bits per heavy atom. The molecule has 0 fully saturated rings. The summed E-state index contributed by atoms with van der Waals surface area (Å²) in [5.41, 5.74) is 3.11. The predicted octanol–water partition coefficient (Wildman–Crippen LogP) is 3.80. The zero-order valence-electron chi connectivity index (χ0n) is 20.5. The van der Waals surface area contributed by atoms with Gasteiger partial charge in [-0.3, -0.25) is 4.79 Å². The molecule has 0 saturated carbocycles. The third-order valence-electron chi connectivity index (χ3n) is 5.10. The van der Waals surface area contributed by atoms with Gasteiger partial charge in [-0.2, -0.15) is 4.98 Å². The number of hydrogen-bond donors (Lipinski definition) is 5. The minimum atomic E-state index is -0.890. The molecule has 0 aliphatic carbocycles. The summed E-state index contributed by atoms with van der Waals surface area (Å²) in [6.07, 6.45) is 2.09. The van der Waals surface area contributed by atoms with Crippen LogP contribution in [0.1, 0.15) is 30.1 Å². The van der Waals surface area contributed by atoms with E-state index in [0.717, 1.165) is 16.8 Å². The lowest BCUT2D eigenvalue weighted by molar-refractivity contribution is -0.136. The molecule has 11 heteroatoms. The standard InChI is InChI=1S/C26H30N6O4S/c1-2-36-24(35)20-17-30-25(31-21-12-7-6-11-19(21)18-9-4-3-5-10-18)32-23(20)27-14-8-15-28-26(37)29-16-13-22(33)34/h3-7,9-12,17H,2,8,13-16H2,1H3,(H,33,34)(H2,28,29,37)(H2,27,30,31,32). The summed E-state index contributed by atoms with van der Waals surface area (Å²) >= 11 is 5.13. The highest BCUT2D eigenvalue weighted by atomic mass is 32.1. The average Bonchev–Trinajstić information content (AvgIpc) is 2.89. The number of thiocarbonyl (C=S) groups is 1. The first-order valence-electron chi connectivity index (χ1n) is 11.9. The first-order chi connectivity index (χ1) is 18.0. The number of esters is 1. The van der Waals surface area contributed by atoms with Crippen LogP contribution in [0.2, 0.25) is 0 Å². The van der Waals surface area contributed by atoms with E-state index in [1.54, 1.807) is 6.92 Å². The lowest BCUT2D eigenvalue weighted by Crippen LogP contribution is -2.37. The number of nitrogens with one attached hydrogen (secondary N) is 4. The number of anilines is 3. The topological polar surface area (TPSA) is 138 Å². The van der Waals surface area contributed by atoms with Crippen molar-refractivity contribution in [2.24, 2.45) is 0 Å². The number of para-hydroxylation sites is 1. The molecule has 0 radical (unpaired) electrons. The fourth-order valence-corrected chi connectivity index (χ4v) is 3.56. The van der Waals surface area contributed by atoms with E-state index in [0.29, 0.717) is 36.4 Å². The van der Waals surface area contributed by atoms with Crippen LogP contribution in [0, 0.1) is 0 Å². The lowest BCUT2D eigenvalue weighted by Gasteiger charge is -2.15. The predicted molar refractivity (Wildman–Crippen MR) is 147 cm³/mol. The highest BCUT2D eigenvalue weighted by Gasteiger charge is 2.16. The third kappa shape index (κ3) is 8.73. The van der Waals surface area contributed by atoms with Crippen molar-refractivity contribution in [1.82, 2.24) is 20.6 Å². The second-order valence-electron chi connectivity index (χ2n) is 7.82. The van der Waals surface area contributed by atoms with Crippen LogP contribution in [-0.2, 0) is 9.53 Å². The number of ether oxygens (including phenoxy) is 1. The van der Waals surface area contributed by atoms with Gasteiger partial charge in [-0.05, 0) is 37.2 Å². The molecule has 3 aromatic rings. The SMILES string of the molecule is CCOC(=O)c1cnc(Nc2ccccc2-c2ccccc2)nc1NCCCNC(=S)NCCC(=O)O. The third-order valence-corrected chi connectivity index (χ3v) is 5.39. The molecule has 0 saturated heterocycles. The van der Waals surface area contributed by atoms with Crippen molar-refractivity contribution in [2.45, 2.75) is 19.8 Å². The molecule has 0 amide bonds. The smallest absolute Gasteiger partial charge is 0.343 e. The van der Waals surface area contributed by atoms with Crippen LogP contribution < -0.4 is 21.3 Å². The van der Waals surface area contributed by atoms with Gasteiger partial charge in [-0.25, -0.2) is 9.78 Å².